The number of halogens is 1. The van der Waals surface area contributed by atoms with E-state index in [2.05, 4.69) is 174 Å². The topological polar surface area (TPSA) is 424 Å². The van der Waals surface area contributed by atoms with Gasteiger partial charge in [-0.15, -0.1) is 0 Å². The lowest BCUT2D eigenvalue weighted by Crippen LogP contribution is -2.07. The summed E-state index contributed by atoms with van der Waals surface area (Å²) in [7, 11) is 1.63. The first-order valence-electron chi connectivity index (χ1n) is 46.9. The van der Waals surface area contributed by atoms with Gasteiger partial charge in [0.25, 0.3) is 0 Å². The molecule has 8 aromatic heterocycles. The van der Waals surface area contributed by atoms with E-state index < -0.39 is 47.8 Å². The number of aromatic carboxylic acids is 8. The van der Waals surface area contributed by atoms with Crippen LogP contribution in [0.25, 0.3) is 0 Å². The van der Waals surface area contributed by atoms with Gasteiger partial charge in [0.2, 0.25) is 0 Å². The molecule has 0 bridgehead atoms. The SMILES string of the molecule is CCc1ccc(CCc2cnccc2C(=O)O)cc1.COc1ccc(CCc2cnccc2C(=O)O)cc1.Cc1ccc(CCc2cnccc2C(=O)O)cc1.Cc1ccc(CCc2cnccc2C(=O)O)cc1.Cc1ccc(CCc2cnccc2C(=O)O)cc1.Cc1cccc(CCc2cnccc2C(=O)O)c1.O=C(O)c1ccncc1CCc1ccccc1F.O=C(O)c1ccnnc1CCc1ccccc1. The molecule has 0 saturated heterocycles. The molecule has 0 spiro atoms. The zero-order valence-corrected chi connectivity index (χ0v) is 81.5. The van der Waals surface area contributed by atoms with Crippen molar-refractivity contribution in [3.05, 3.63) is 509 Å². The minimum absolute atomic E-state index is 0.223. The van der Waals surface area contributed by atoms with Gasteiger partial charge in [0.1, 0.15) is 11.6 Å². The van der Waals surface area contributed by atoms with Gasteiger partial charge in [-0.3, -0.25) is 34.9 Å². The average molecular weight is 1950 g/mol. The molecule has 0 atom stereocenters. The molecule has 0 aliphatic heterocycles. The van der Waals surface area contributed by atoms with Crippen LogP contribution in [0.5, 0.6) is 5.75 Å². The van der Waals surface area contributed by atoms with Gasteiger partial charge in [-0.2, -0.15) is 10.2 Å². The van der Waals surface area contributed by atoms with Crippen molar-refractivity contribution >= 4 is 47.8 Å². The number of aromatic nitrogens is 9. The van der Waals surface area contributed by atoms with E-state index in [0.717, 1.165) is 102 Å². The zero-order valence-electron chi connectivity index (χ0n) is 81.5. The minimum Gasteiger partial charge on any atom is -0.497 e. The highest BCUT2D eigenvalue weighted by Gasteiger charge is 2.19. The Morgan fingerprint density at radius 1 is 0.241 bits per heavy atom. The van der Waals surface area contributed by atoms with Crippen LogP contribution in [0.2, 0.25) is 0 Å². The van der Waals surface area contributed by atoms with Crippen molar-refractivity contribution in [3.8, 4) is 5.75 Å². The van der Waals surface area contributed by atoms with Crippen molar-refractivity contribution in [2.24, 2.45) is 0 Å². The first-order chi connectivity index (χ1) is 70.0. The fraction of sp³-hybridized carbons (Fsp3) is 0.195. The lowest BCUT2D eigenvalue weighted by Gasteiger charge is -2.06. The van der Waals surface area contributed by atoms with Crippen LogP contribution in [0.15, 0.2) is 342 Å². The van der Waals surface area contributed by atoms with Gasteiger partial charge in [-0.05, 0) is 293 Å². The van der Waals surface area contributed by atoms with E-state index in [9.17, 15) is 42.7 Å². The van der Waals surface area contributed by atoms with E-state index in [1.165, 1.54) is 136 Å². The molecular formula is C118H116FN9O17. The summed E-state index contributed by atoms with van der Waals surface area (Å²) in [6.45, 7) is 10.3. The standard InChI is InChI=1S/C16H17NO2.C15H15NO3.4C15H15NO2.C14H12FNO2.C13H12N2O2/c1-2-12-3-5-13(6-4-12)7-8-14-11-17-10-9-15(14)16(18)19;1-19-13-6-3-11(4-7-13)2-5-12-10-16-9-8-14(12)15(17)18;3*1-11-2-4-12(5-3-11)6-7-13-10-16-9-8-14(13)15(17)18;1-11-3-2-4-12(9-11)5-6-13-10-16-8-7-14(13)15(17)18;15-13-4-2-1-3-10(13)5-6-11-9-16-8-7-12(11)14(17)18;16-13(17)11-8-9-14-15-12(11)7-6-10-4-2-1-3-5-10/h3-6,9-11H,2,7-8H2,1H3,(H,18,19);3-4,6-10H,2,5H2,1H3,(H,17,18);3*2-5,8-10H,6-7H2,1H3,(H,17,18);2-4,7-10H,5-6H2,1H3,(H,17,18);1-4,7-9H,5-6H2,(H,17,18);1-5,8-9H,6-7H2,(H,16,17). The van der Waals surface area contributed by atoms with Crippen LogP contribution in [0.1, 0.15) is 207 Å². The molecule has 0 amide bonds. The van der Waals surface area contributed by atoms with Crippen molar-refractivity contribution in [1.29, 1.82) is 0 Å². The third-order valence-corrected chi connectivity index (χ3v) is 23.2. The fourth-order valence-electron chi connectivity index (χ4n) is 15.0. The Hall–Kier alpha value is -17.6. The van der Waals surface area contributed by atoms with E-state index in [-0.39, 0.29) is 16.9 Å². The molecule has 0 aliphatic carbocycles. The summed E-state index contributed by atoms with van der Waals surface area (Å²) in [5.74, 6) is -6.76. The number of methoxy groups -OCH3 is 1. The van der Waals surface area contributed by atoms with Crippen molar-refractivity contribution in [3.63, 3.8) is 0 Å². The third-order valence-electron chi connectivity index (χ3n) is 23.2. The molecule has 8 N–H and O–H groups in total. The molecule has 0 aliphatic rings. The summed E-state index contributed by atoms with van der Waals surface area (Å²) in [6.07, 6.45) is 35.6. The Kier molecular flexibility index (Phi) is 45.7. The summed E-state index contributed by atoms with van der Waals surface area (Å²) >= 11 is 0. The Labute approximate surface area is 842 Å². The van der Waals surface area contributed by atoms with Crippen LogP contribution in [-0.4, -0.2) is 141 Å². The molecule has 27 heteroatoms. The molecule has 145 heavy (non-hydrogen) atoms. The van der Waals surface area contributed by atoms with Crippen LogP contribution >= 0.6 is 0 Å². The van der Waals surface area contributed by atoms with Gasteiger partial charge in [0, 0.05) is 86.8 Å². The first kappa shape index (κ1) is 111. The third kappa shape index (κ3) is 38.5. The first-order valence-corrected chi connectivity index (χ1v) is 46.9. The van der Waals surface area contributed by atoms with Crippen LogP contribution in [-0.2, 0) is 109 Å². The molecule has 742 valence electrons. The lowest BCUT2D eigenvalue weighted by molar-refractivity contribution is 0.0684. The van der Waals surface area contributed by atoms with E-state index in [1.54, 1.807) is 92.8 Å². The molecule has 0 unspecified atom stereocenters. The maximum absolute atomic E-state index is 13.4. The van der Waals surface area contributed by atoms with E-state index in [0.29, 0.717) is 108 Å². The van der Waals surface area contributed by atoms with Crippen molar-refractivity contribution < 1.29 is 88.3 Å². The number of pyridine rings is 7. The smallest absolute Gasteiger partial charge is 0.337 e. The summed E-state index contributed by atoms with van der Waals surface area (Å²) in [5, 5.41) is 80.1. The summed E-state index contributed by atoms with van der Waals surface area (Å²) in [5.41, 5.74) is 23.5. The summed E-state index contributed by atoms with van der Waals surface area (Å²) in [4.78, 5) is 116. The Bertz CT molecular complexity index is 6530. The quantitative estimate of drug-likeness (QED) is 0.0186. The molecule has 16 rings (SSSR count). The number of rotatable bonds is 34. The molecule has 0 saturated carbocycles. The molecule has 0 radical (unpaired) electrons. The second kappa shape index (κ2) is 59.7. The molecule has 26 nitrogen and oxygen atoms in total. The van der Waals surface area contributed by atoms with E-state index in [1.807, 2.05) is 81.4 Å². The number of hydrogen-bond acceptors (Lipinski definition) is 18. The van der Waals surface area contributed by atoms with Crippen LogP contribution in [0.4, 0.5) is 4.39 Å². The molecule has 8 heterocycles. The molecule has 0 fully saturated rings. The number of nitrogens with zero attached hydrogens (tertiary/aromatic N) is 9. The minimum atomic E-state index is -0.985. The van der Waals surface area contributed by atoms with Crippen LogP contribution in [0, 0.1) is 33.5 Å². The number of benzene rings is 8. The second-order valence-electron chi connectivity index (χ2n) is 33.6. The van der Waals surface area contributed by atoms with E-state index in [4.69, 9.17) is 45.6 Å². The van der Waals surface area contributed by atoms with Gasteiger partial charge in [0.05, 0.1) is 63.5 Å². The van der Waals surface area contributed by atoms with Gasteiger partial charge in [-0.25, -0.2) is 42.7 Å². The molecular weight excluding hydrogens is 1830 g/mol. The summed E-state index contributed by atoms with van der Waals surface area (Å²) in [6, 6.07) is 77.9. The highest BCUT2D eigenvalue weighted by Crippen LogP contribution is 2.23. The Morgan fingerprint density at radius 2 is 0.490 bits per heavy atom. The number of aryl methyl sites for hydroxylation is 21. The second-order valence-corrected chi connectivity index (χ2v) is 33.6. The monoisotopic (exact) mass is 1950 g/mol. The molecule has 8 aromatic carbocycles. The lowest BCUT2D eigenvalue weighted by atomic mass is 10.0. The highest BCUT2D eigenvalue weighted by molar-refractivity contribution is 5.93. The molecule has 16 aromatic rings. The number of ether oxygens (including phenoxy) is 1. The predicted molar refractivity (Wildman–Crippen MR) is 553 cm³/mol. The van der Waals surface area contributed by atoms with Crippen LogP contribution in [0.3, 0.4) is 0 Å². The number of carboxylic acid groups (broad SMARTS) is 8. The van der Waals surface area contributed by atoms with Gasteiger partial charge in [0.15, 0.2) is 0 Å². The normalized spacial score (nSPS) is 10.3. The number of carboxylic acids is 8. The highest BCUT2D eigenvalue weighted by atomic mass is 19.1. The van der Waals surface area contributed by atoms with Crippen molar-refractivity contribution in [2.75, 3.05) is 7.11 Å². The van der Waals surface area contributed by atoms with Crippen molar-refractivity contribution in [2.45, 2.75) is 144 Å². The van der Waals surface area contributed by atoms with Crippen molar-refractivity contribution in [1.82, 2.24) is 45.1 Å². The van der Waals surface area contributed by atoms with Crippen LogP contribution < -0.4 is 4.74 Å². The largest absolute Gasteiger partial charge is 0.497 e. The average Bonchev–Trinajstić information content (AvgIpc) is 0.873. The number of hydrogen-bond donors (Lipinski definition) is 8. The maximum Gasteiger partial charge on any atom is 0.337 e. The van der Waals surface area contributed by atoms with Gasteiger partial charge < -0.3 is 45.6 Å². The van der Waals surface area contributed by atoms with E-state index >= 15 is 0 Å². The Morgan fingerprint density at radius 3 is 0.786 bits per heavy atom. The Balaban J connectivity index is 0.000000185. The maximum atomic E-state index is 13.4. The summed E-state index contributed by atoms with van der Waals surface area (Å²) < 4.78 is 18.5. The zero-order chi connectivity index (χ0) is 104. The fourth-order valence-corrected chi connectivity index (χ4v) is 15.0. The van der Waals surface area contributed by atoms with Gasteiger partial charge in [-0.1, -0.05) is 211 Å². The number of carbonyl (C=O) groups is 8. The van der Waals surface area contributed by atoms with Gasteiger partial charge >= 0.3 is 47.8 Å². The predicted octanol–water partition coefficient (Wildman–Crippen LogP) is 21.9.